The zero-order valence-electron chi connectivity index (χ0n) is 13.1. The maximum absolute atomic E-state index is 12.6. The van der Waals surface area contributed by atoms with Crippen LogP contribution in [0.2, 0.25) is 0 Å². The molecule has 25 heavy (non-hydrogen) atoms. The van der Waals surface area contributed by atoms with Gasteiger partial charge in [0, 0.05) is 17.9 Å². The molecule has 0 bridgehead atoms. The number of aromatic nitrogens is 1. The summed E-state index contributed by atoms with van der Waals surface area (Å²) in [7, 11) is -7.86. The molecule has 2 aromatic carbocycles. The molecular formula is C16H14N2O5S2. The van der Waals surface area contributed by atoms with Gasteiger partial charge >= 0.3 is 0 Å². The summed E-state index contributed by atoms with van der Waals surface area (Å²) in [5, 5.41) is 3.68. The number of benzene rings is 2. The van der Waals surface area contributed by atoms with Crippen LogP contribution in [-0.4, -0.2) is 28.2 Å². The van der Waals surface area contributed by atoms with Crippen LogP contribution in [0.15, 0.2) is 75.0 Å². The van der Waals surface area contributed by atoms with Crippen molar-refractivity contribution in [2.24, 2.45) is 0 Å². The maximum atomic E-state index is 12.6. The molecule has 3 rings (SSSR count). The van der Waals surface area contributed by atoms with Crippen LogP contribution in [0.3, 0.4) is 0 Å². The van der Waals surface area contributed by atoms with Crippen LogP contribution in [0.1, 0.15) is 0 Å². The Morgan fingerprint density at radius 1 is 0.880 bits per heavy atom. The molecule has 1 aromatic heterocycles. The highest BCUT2D eigenvalue weighted by atomic mass is 32.2. The van der Waals surface area contributed by atoms with Crippen molar-refractivity contribution in [3.63, 3.8) is 0 Å². The van der Waals surface area contributed by atoms with Crippen LogP contribution < -0.4 is 4.72 Å². The first-order chi connectivity index (χ1) is 11.8. The van der Waals surface area contributed by atoms with Crippen molar-refractivity contribution in [1.29, 1.82) is 0 Å². The van der Waals surface area contributed by atoms with Crippen molar-refractivity contribution < 1.29 is 21.4 Å². The van der Waals surface area contributed by atoms with Gasteiger partial charge in [-0.25, -0.2) is 16.8 Å². The van der Waals surface area contributed by atoms with E-state index in [1.807, 2.05) is 18.2 Å². The Hall–Kier alpha value is -2.65. The summed E-state index contributed by atoms with van der Waals surface area (Å²) >= 11 is 0. The molecule has 0 aliphatic heterocycles. The van der Waals surface area contributed by atoms with E-state index in [9.17, 15) is 16.8 Å². The van der Waals surface area contributed by atoms with Gasteiger partial charge in [0.1, 0.15) is 4.90 Å². The standard InChI is InChI=1S/C16H14N2O5S2/c1-24(19,20)14-9-5-6-10-15(14)25(21,22)18-16-11-13(23-17-16)12-7-3-2-4-8-12/h2-11H,1H3,(H,17,18). The highest BCUT2D eigenvalue weighted by molar-refractivity contribution is 7.95. The fourth-order valence-electron chi connectivity index (χ4n) is 2.23. The van der Waals surface area contributed by atoms with E-state index in [0.717, 1.165) is 11.8 Å². The SMILES string of the molecule is CS(=O)(=O)c1ccccc1S(=O)(=O)Nc1cc(-c2ccccc2)on1. The predicted molar refractivity (Wildman–Crippen MR) is 92.3 cm³/mol. The van der Waals surface area contributed by atoms with Crippen molar-refractivity contribution in [3.05, 3.63) is 60.7 Å². The average Bonchev–Trinajstić information content (AvgIpc) is 3.03. The Balaban J connectivity index is 1.95. The Morgan fingerprint density at radius 3 is 2.12 bits per heavy atom. The quantitative estimate of drug-likeness (QED) is 0.731. The normalized spacial score (nSPS) is 12.0. The van der Waals surface area contributed by atoms with Gasteiger partial charge in [0.25, 0.3) is 10.0 Å². The molecule has 1 N–H and O–H groups in total. The number of nitrogens with one attached hydrogen (secondary N) is 1. The maximum Gasteiger partial charge on any atom is 0.264 e. The third-order valence-electron chi connectivity index (χ3n) is 3.35. The molecule has 0 aliphatic rings. The number of nitrogens with zero attached hydrogens (tertiary/aromatic N) is 1. The molecule has 3 aromatic rings. The molecule has 0 saturated heterocycles. The number of hydrogen-bond donors (Lipinski definition) is 1. The summed E-state index contributed by atoms with van der Waals surface area (Å²) < 4.78 is 56.1. The topological polar surface area (TPSA) is 106 Å². The van der Waals surface area contributed by atoms with Gasteiger partial charge in [-0.05, 0) is 12.1 Å². The molecule has 1 heterocycles. The Labute approximate surface area is 145 Å². The van der Waals surface area contributed by atoms with Crippen LogP contribution in [0.5, 0.6) is 0 Å². The van der Waals surface area contributed by atoms with Crippen LogP contribution in [0.25, 0.3) is 11.3 Å². The summed E-state index contributed by atoms with van der Waals surface area (Å²) in [5.41, 5.74) is 0.733. The highest BCUT2D eigenvalue weighted by Crippen LogP contribution is 2.26. The van der Waals surface area contributed by atoms with Crippen molar-refractivity contribution in [2.45, 2.75) is 9.79 Å². The number of anilines is 1. The number of hydrogen-bond acceptors (Lipinski definition) is 6. The van der Waals surface area contributed by atoms with Gasteiger partial charge in [0.05, 0.1) is 4.90 Å². The third kappa shape index (κ3) is 3.72. The van der Waals surface area contributed by atoms with E-state index >= 15 is 0 Å². The predicted octanol–water partition coefficient (Wildman–Crippen LogP) is 2.55. The van der Waals surface area contributed by atoms with E-state index in [-0.39, 0.29) is 15.6 Å². The number of sulfonamides is 1. The van der Waals surface area contributed by atoms with Crippen LogP contribution in [0.4, 0.5) is 5.82 Å². The molecule has 0 spiro atoms. The molecular weight excluding hydrogens is 364 g/mol. The lowest BCUT2D eigenvalue weighted by atomic mass is 10.2. The Kier molecular flexibility index (Phi) is 4.36. The minimum Gasteiger partial charge on any atom is -0.354 e. The molecule has 0 aliphatic carbocycles. The van der Waals surface area contributed by atoms with E-state index in [1.54, 1.807) is 12.1 Å². The monoisotopic (exact) mass is 378 g/mol. The summed E-state index contributed by atoms with van der Waals surface area (Å²) in [4.78, 5) is -0.629. The van der Waals surface area contributed by atoms with Crippen molar-refractivity contribution in [1.82, 2.24) is 5.16 Å². The lowest BCUT2D eigenvalue weighted by Gasteiger charge is -2.09. The van der Waals surface area contributed by atoms with E-state index in [1.165, 1.54) is 30.3 Å². The van der Waals surface area contributed by atoms with E-state index in [2.05, 4.69) is 9.88 Å². The molecule has 0 saturated carbocycles. The second-order valence-corrected chi connectivity index (χ2v) is 8.90. The van der Waals surface area contributed by atoms with Gasteiger partial charge in [-0.15, -0.1) is 0 Å². The van der Waals surface area contributed by atoms with E-state index < -0.39 is 19.9 Å². The van der Waals surface area contributed by atoms with Gasteiger partial charge in [-0.3, -0.25) is 4.72 Å². The molecule has 9 heteroatoms. The fourth-order valence-corrected chi connectivity index (χ4v) is 4.85. The first-order valence-electron chi connectivity index (χ1n) is 7.11. The lowest BCUT2D eigenvalue weighted by molar-refractivity contribution is 0.435. The summed E-state index contributed by atoms with van der Waals surface area (Å²) in [6.07, 6.45) is 0.949. The minimum atomic E-state index is -4.15. The first-order valence-corrected chi connectivity index (χ1v) is 10.5. The number of rotatable bonds is 5. The van der Waals surface area contributed by atoms with Crippen molar-refractivity contribution >= 4 is 25.7 Å². The van der Waals surface area contributed by atoms with Crippen LogP contribution >= 0.6 is 0 Å². The highest BCUT2D eigenvalue weighted by Gasteiger charge is 2.24. The lowest BCUT2D eigenvalue weighted by Crippen LogP contribution is -2.16. The van der Waals surface area contributed by atoms with Crippen molar-refractivity contribution in [2.75, 3.05) is 11.0 Å². The molecule has 0 fully saturated rings. The molecule has 0 amide bonds. The van der Waals surface area contributed by atoms with Gasteiger partial charge < -0.3 is 4.52 Å². The first kappa shape index (κ1) is 17.2. The zero-order valence-corrected chi connectivity index (χ0v) is 14.7. The Bertz CT molecular complexity index is 1100. The van der Waals surface area contributed by atoms with Gasteiger partial charge in [-0.1, -0.05) is 47.6 Å². The fraction of sp³-hybridized carbons (Fsp3) is 0.0625. The molecule has 7 nitrogen and oxygen atoms in total. The van der Waals surface area contributed by atoms with Crippen LogP contribution in [0, 0.1) is 0 Å². The smallest absolute Gasteiger partial charge is 0.264 e. The summed E-state index contributed by atoms with van der Waals surface area (Å²) in [5.74, 6) is 0.344. The zero-order chi connectivity index (χ0) is 18.1. The van der Waals surface area contributed by atoms with E-state index in [4.69, 9.17) is 4.52 Å². The minimum absolute atomic E-state index is 0.0397. The summed E-state index contributed by atoms with van der Waals surface area (Å²) in [6, 6.07) is 15.8. The van der Waals surface area contributed by atoms with E-state index in [0.29, 0.717) is 5.76 Å². The second kappa shape index (κ2) is 6.34. The van der Waals surface area contributed by atoms with Gasteiger partial charge in [-0.2, -0.15) is 0 Å². The number of sulfone groups is 1. The molecule has 0 unspecified atom stereocenters. The van der Waals surface area contributed by atoms with Gasteiger partial charge in [0.15, 0.2) is 21.4 Å². The summed E-state index contributed by atoms with van der Waals surface area (Å²) in [6.45, 7) is 0. The largest absolute Gasteiger partial charge is 0.354 e. The van der Waals surface area contributed by atoms with Crippen LogP contribution in [-0.2, 0) is 19.9 Å². The second-order valence-electron chi connectivity index (χ2n) is 5.27. The van der Waals surface area contributed by atoms with Crippen molar-refractivity contribution in [3.8, 4) is 11.3 Å². The Morgan fingerprint density at radius 2 is 1.48 bits per heavy atom. The average molecular weight is 378 g/mol. The third-order valence-corrected chi connectivity index (χ3v) is 6.04. The van der Waals surface area contributed by atoms with Gasteiger partial charge in [0.2, 0.25) is 0 Å². The molecule has 0 atom stereocenters. The molecule has 130 valence electrons. The molecule has 0 radical (unpaired) electrons.